The third kappa shape index (κ3) is 8.77. The van der Waals surface area contributed by atoms with Crippen LogP contribution < -0.4 is 4.40 Å². The Morgan fingerprint density at radius 1 is 0.594 bits per heavy atom. The van der Waals surface area contributed by atoms with Crippen molar-refractivity contribution in [3.05, 3.63) is 229 Å². The van der Waals surface area contributed by atoms with Crippen molar-refractivity contribution in [1.29, 1.82) is 0 Å². The molecule has 0 unspecified atom stereocenters. The van der Waals surface area contributed by atoms with E-state index in [0.717, 1.165) is 59.5 Å². The molecule has 0 amide bonds. The molecule has 2 heterocycles. The van der Waals surface area contributed by atoms with E-state index < -0.39 is 26.5 Å². The van der Waals surface area contributed by atoms with Gasteiger partial charge in [0.2, 0.25) is 0 Å². The first kappa shape index (κ1) is 37.1. The van der Waals surface area contributed by atoms with Gasteiger partial charge in [0, 0.05) is 15.7 Å². The summed E-state index contributed by atoms with van der Waals surface area (Å²) in [4.78, 5) is 4.57. The minimum Gasteiger partial charge on any atom is 3.00 e. The molecule has 11 aromatic rings. The number of nitrogens with zero attached hydrogens (tertiary/aromatic N) is 1. The van der Waals surface area contributed by atoms with Crippen molar-refractivity contribution in [1.82, 2.24) is 4.98 Å². The molecule has 4 heteroatoms. The number of pyridine rings is 1. The summed E-state index contributed by atoms with van der Waals surface area (Å²) in [5.41, 5.74) is 10.00. The Kier molecular flexibility index (Phi) is 10.7. The molecule has 0 aliphatic heterocycles. The number of aromatic nitrogens is 1. The molecular weight excluding hydrogens is 1020 g/mol. The van der Waals surface area contributed by atoms with Crippen LogP contribution in [0, 0.1) is 25.1 Å². The minimum atomic E-state index is -2.34. The molecule has 11 rings (SSSR count). The van der Waals surface area contributed by atoms with Crippen LogP contribution in [0.4, 0.5) is 0 Å². The van der Waals surface area contributed by atoms with E-state index in [9.17, 15) is 0 Å². The second-order valence-electron chi connectivity index (χ2n) is 16.8. The van der Waals surface area contributed by atoms with Crippen LogP contribution in [0.5, 0.6) is 0 Å². The third-order valence-electron chi connectivity index (χ3n) is 11.6. The first-order valence-electron chi connectivity index (χ1n) is 23.7. The largest absolute Gasteiger partial charge is 3.00 e. The Hall–Kier alpha value is -6.36. The monoisotopic (exact) mass is 1070 g/mol. The molecule has 0 saturated carbocycles. The van der Waals surface area contributed by atoms with Crippen molar-refractivity contribution in [2.75, 3.05) is 0 Å². The summed E-state index contributed by atoms with van der Waals surface area (Å²) in [7, 11) is 0. The van der Waals surface area contributed by atoms with Gasteiger partial charge in [-0.2, -0.15) is 0 Å². The second-order valence-corrected chi connectivity index (χ2v) is 27.4. The Bertz CT molecular complexity index is 3630. The van der Waals surface area contributed by atoms with E-state index in [4.69, 9.17) is 11.3 Å². The maximum Gasteiger partial charge on any atom is 3.00 e. The summed E-state index contributed by atoms with van der Waals surface area (Å²) in [5.74, 6) is 6.90. The molecule has 0 saturated heterocycles. The zero-order valence-corrected chi connectivity index (χ0v) is 40.2. The van der Waals surface area contributed by atoms with Crippen molar-refractivity contribution >= 4 is 61.1 Å². The first-order chi connectivity index (χ1) is 32.7. The molecule has 0 radical (unpaired) electrons. The van der Waals surface area contributed by atoms with Gasteiger partial charge in [-0.15, -0.1) is 18.2 Å². The van der Waals surface area contributed by atoms with Gasteiger partial charge in [-0.05, 0) is 62.9 Å². The van der Waals surface area contributed by atoms with Crippen molar-refractivity contribution in [2.24, 2.45) is 0 Å². The van der Waals surface area contributed by atoms with Crippen molar-refractivity contribution in [2.45, 2.75) is 30.5 Å². The molecule has 0 aliphatic carbocycles. The van der Waals surface area contributed by atoms with Gasteiger partial charge in [0.15, 0.2) is 0 Å². The van der Waals surface area contributed by atoms with Gasteiger partial charge in [0.05, 0.1) is 5.58 Å². The fourth-order valence-corrected chi connectivity index (χ4v) is 11.4. The zero-order chi connectivity index (χ0) is 47.2. The average molecular weight is 1070 g/mol. The van der Waals surface area contributed by atoms with Crippen molar-refractivity contribution < 1.29 is 31.4 Å². The number of hydrogen-bond donors (Lipinski definition) is 0. The Morgan fingerprint density at radius 2 is 1.28 bits per heavy atom. The molecule has 0 fully saturated rings. The van der Waals surface area contributed by atoms with Crippen molar-refractivity contribution in [3.63, 3.8) is 0 Å². The van der Waals surface area contributed by atoms with Crippen molar-refractivity contribution in [3.8, 4) is 44.6 Å². The number of rotatable bonds is 7. The normalized spacial score (nSPS) is 13.0. The molecule has 64 heavy (non-hydrogen) atoms. The Labute approximate surface area is 399 Å². The van der Waals surface area contributed by atoms with Crippen LogP contribution in [0.15, 0.2) is 199 Å². The van der Waals surface area contributed by atoms with Crippen LogP contribution in [0.3, 0.4) is 0 Å². The average Bonchev–Trinajstić information content (AvgIpc) is 3.73. The molecule has 2 nitrogen and oxygen atoms in total. The second kappa shape index (κ2) is 18.4. The molecule has 0 atom stereocenters. The van der Waals surface area contributed by atoms with Gasteiger partial charge in [-0.1, -0.05) is 83.7 Å². The van der Waals surface area contributed by atoms with E-state index in [1.54, 1.807) is 0 Å². The van der Waals surface area contributed by atoms with E-state index in [1.807, 2.05) is 115 Å². The predicted molar refractivity (Wildman–Crippen MR) is 268 cm³/mol. The van der Waals surface area contributed by atoms with Crippen LogP contribution in [-0.4, -0.2) is 18.3 Å². The van der Waals surface area contributed by atoms with Crippen LogP contribution in [0.2, 0.25) is 17.3 Å². The number of aryl methyl sites for hydroxylation is 1. The summed E-state index contributed by atoms with van der Waals surface area (Å²) in [6.45, 7) is -2.28. The SMILES string of the molecule is [2H]C([2H])([2H])c1cnc(-c2[c-]ccc3c2oc2cc4ccc5ccccc5c4cc23)cc1-c1ccccc1.[2H]C([2H])(c1ccccc1)c1cc(-c2[c-]ccc(-c3ccccc3)c2)[c-]c[c]1[Ge]([CH3])([CH3])[CH3].[Ir+3]. The molecule has 0 bridgehead atoms. The van der Waals surface area contributed by atoms with E-state index in [1.165, 1.54) is 22.4 Å². The van der Waals surface area contributed by atoms with E-state index >= 15 is 0 Å². The summed E-state index contributed by atoms with van der Waals surface area (Å²) in [5, 5.41) is 6.69. The predicted octanol–water partition coefficient (Wildman–Crippen LogP) is 15.5. The van der Waals surface area contributed by atoms with E-state index in [0.29, 0.717) is 28.0 Å². The van der Waals surface area contributed by atoms with Crippen LogP contribution in [-0.2, 0) is 26.5 Å². The van der Waals surface area contributed by atoms with Crippen LogP contribution in [0.1, 0.15) is 23.5 Å². The summed E-state index contributed by atoms with van der Waals surface area (Å²) in [6, 6.07) is 72.2. The molecule has 9 aromatic carbocycles. The van der Waals surface area contributed by atoms with Gasteiger partial charge in [0.25, 0.3) is 0 Å². The quantitative estimate of drug-likeness (QED) is 0.0903. The van der Waals surface area contributed by atoms with E-state index in [2.05, 4.69) is 113 Å². The summed E-state index contributed by atoms with van der Waals surface area (Å²) >= 11 is -2.34. The molecule has 2 aromatic heterocycles. The third-order valence-corrected chi connectivity index (χ3v) is 15.8. The minimum absolute atomic E-state index is 0. The first-order valence-corrected chi connectivity index (χ1v) is 28.5. The van der Waals surface area contributed by atoms with E-state index in [-0.39, 0.29) is 25.7 Å². The van der Waals surface area contributed by atoms with Gasteiger partial charge < -0.3 is 9.40 Å². The molecule has 0 N–H and O–H groups in total. The molecule has 0 spiro atoms. The fraction of sp³-hybridized carbons (Fsp3) is 0.0833. The summed E-state index contributed by atoms with van der Waals surface area (Å²) < 4.78 is 49.8. The molecule has 0 aliphatic rings. The fourth-order valence-electron chi connectivity index (χ4n) is 8.36. The van der Waals surface area contributed by atoms with Gasteiger partial charge in [0.1, 0.15) is 5.58 Å². The van der Waals surface area contributed by atoms with Gasteiger partial charge >= 0.3 is 201 Å². The number of hydrogen-bond acceptors (Lipinski definition) is 2. The van der Waals surface area contributed by atoms with Gasteiger partial charge in [-0.25, -0.2) is 0 Å². The zero-order valence-electron chi connectivity index (χ0n) is 40.7. The molecular formula is C60H46GeIrNO. The smallest absolute Gasteiger partial charge is 3.00 e. The topological polar surface area (TPSA) is 26.0 Å². The van der Waals surface area contributed by atoms with Gasteiger partial charge in [-0.3, -0.25) is 0 Å². The van der Waals surface area contributed by atoms with Crippen LogP contribution in [0.25, 0.3) is 88.1 Å². The van der Waals surface area contributed by atoms with Crippen LogP contribution >= 0.6 is 0 Å². The maximum atomic E-state index is 9.04. The molecule has 310 valence electrons. The Morgan fingerprint density at radius 3 is 2.05 bits per heavy atom. The number of fused-ring (bicyclic) bond motifs is 6. The Balaban J connectivity index is 0.000000172. The number of furan rings is 1. The standard InChI is InChI=1S/C32H20NO.C28H26Ge.Ir/c1-20-19-33-30(18-27(20)21-8-3-2-4-9-21)26-13-7-12-25-29-17-28-23(16-31(29)34-32(25)26)15-14-22-10-5-6-11-24(22)28;1-29(2,3)28-18-17-26(21-27(28)19-22-11-6-4-7-12-22)25-16-10-15-24(20-25)23-13-8-5-9-14-23;/h2-12,14-19H,1H3;4-15,18,20-21H,19H2,1-3H3;/q-1;-2;+3/i1D3;19D2;. The maximum absolute atomic E-state index is 9.04. The summed E-state index contributed by atoms with van der Waals surface area (Å²) in [6.07, 6.45) is -0.115. The number of benzene rings is 9.